The third kappa shape index (κ3) is 5.75. The number of aliphatic carboxylic acids is 1. The zero-order valence-corrected chi connectivity index (χ0v) is 24.2. The van der Waals surface area contributed by atoms with Gasteiger partial charge in [0, 0.05) is 30.4 Å². The minimum atomic E-state index is -1.12. The number of piperidine rings is 1. The van der Waals surface area contributed by atoms with Crippen molar-refractivity contribution in [3.63, 3.8) is 0 Å². The van der Waals surface area contributed by atoms with Gasteiger partial charge in [0.05, 0.1) is 11.3 Å². The minimum absolute atomic E-state index is 0.231. The topological polar surface area (TPSA) is 67.1 Å². The zero-order chi connectivity index (χ0) is 28.8. The Morgan fingerprint density at radius 1 is 1.02 bits per heavy atom. The van der Waals surface area contributed by atoms with Gasteiger partial charge in [-0.2, -0.15) is 0 Å². The Kier molecular flexibility index (Phi) is 7.21. The highest BCUT2D eigenvalue weighted by Gasteiger charge is 2.35. The number of benzene rings is 2. The second kappa shape index (κ2) is 10.4. The second-order valence-electron chi connectivity index (χ2n) is 12.6. The molecule has 1 aliphatic heterocycles. The van der Waals surface area contributed by atoms with E-state index in [1.165, 1.54) is 12.1 Å². The summed E-state index contributed by atoms with van der Waals surface area (Å²) in [7, 11) is 0. The van der Waals surface area contributed by atoms with Crippen molar-refractivity contribution in [2.24, 2.45) is 5.41 Å². The van der Waals surface area contributed by atoms with Crippen LogP contribution in [0, 0.1) is 18.2 Å². The molecule has 0 amide bonds. The van der Waals surface area contributed by atoms with Crippen LogP contribution in [0.15, 0.2) is 60.8 Å². The lowest BCUT2D eigenvalue weighted by molar-refractivity contribution is -0.160. The summed E-state index contributed by atoms with van der Waals surface area (Å²) in [6.45, 7) is 13.8. The molecule has 1 unspecified atom stereocenters. The number of halogens is 1. The monoisotopic (exact) mass is 543 g/mol. The van der Waals surface area contributed by atoms with Gasteiger partial charge in [-0.3, -0.25) is 4.40 Å². The van der Waals surface area contributed by atoms with E-state index >= 15 is 0 Å². The van der Waals surface area contributed by atoms with Crippen LogP contribution in [0.5, 0.6) is 0 Å². The fourth-order valence-electron chi connectivity index (χ4n) is 5.44. The van der Waals surface area contributed by atoms with Gasteiger partial charge in [0.25, 0.3) is 0 Å². The van der Waals surface area contributed by atoms with Crippen molar-refractivity contribution < 1.29 is 19.0 Å². The number of hydrogen-bond acceptors (Lipinski definition) is 4. The largest absolute Gasteiger partial charge is 0.479 e. The molecule has 0 spiro atoms. The average Bonchev–Trinajstić information content (AvgIpc) is 3.30. The quantitative estimate of drug-likeness (QED) is 0.270. The van der Waals surface area contributed by atoms with E-state index in [1.807, 2.05) is 62.6 Å². The molecule has 40 heavy (non-hydrogen) atoms. The van der Waals surface area contributed by atoms with Crippen LogP contribution in [0.25, 0.3) is 28.0 Å². The molecule has 0 radical (unpaired) electrons. The van der Waals surface area contributed by atoms with E-state index in [4.69, 9.17) is 9.72 Å². The summed E-state index contributed by atoms with van der Waals surface area (Å²) in [5.74, 6) is -0.450. The van der Waals surface area contributed by atoms with Gasteiger partial charge >= 0.3 is 5.97 Å². The standard InChI is InChI=1S/C33H38FN3O3/c1-21-18-27-35-26(24-9-7-8-23(19-24)22-10-12-25(34)13-11-22)20-37(27)30(36-16-14-33(5,6)15-17-36)28(21)29(31(38)39)40-32(2,3)4/h7-13,18-20,29H,14-17H2,1-6H3,(H,38,39). The number of anilines is 1. The number of fused-ring (bicyclic) bond motifs is 1. The zero-order valence-electron chi connectivity index (χ0n) is 24.2. The smallest absolute Gasteiger partial charge is 0.337 e. The highest BCUT2D eigenvalue weighted by molar-refractivity contribution is 5.80. The van der Waals surface area contributed by atoms with Crippen LogP contribution in [-0.4, -0.2) is 39.2 Å². The maximum absolute atomic E-state index is 13.5. The van der Waals surface area contributed by atoms with E-state index in [9.17, 15) is 14.3 Å². The molecule has 5 rings (SSSR count). The summed E-state index contributed by atoms with van der Waals surface area (Å²) in [6, 6.07) is 16.4. The van der Waals surface area contributed by atoms with Crippen molar-refractivity contribution in [1.82, 2.24) is 9.38 Å². The number of aryl methyl sites for hydroxylation is 1. The van der Waals surface area contributed by atoms with Gasteiger partial charge in [0.1, 0.15) is 17.3 Å². The van der Waals surface area contributed by atoms with Gasteiger partial charge in [-0.25, -0.2) is 14.2 Å². The van der Waals surface area contributed by atoms with Crippen molar-refractivity contribution in [3.8, 4) is 22.4 Å². The third-order valence-electron chi connectivity index (χ3n) is 7.68. The number of nitrogens with zero attached hydrogens (tertiary/aromatic N) is 3. The van der Waals surface area contributed by atoms with E-state index in [1.54, 1.807) is 12.1 Å². The maximum atomic E-state index is 13.5. The van der Waals surface area contributed by atoms with Gasteiger partial charge < -0.3 is 14.7 Å². The summed E-state index contributed by atoms with van der Waals surface area (Å²) in [5, 5.41) is 10.3. The molecule has 1 fully saturated rings. The third-order valence-corrected chi connectivity index (χ3v) is 7.68. The molecule has 210 valence electrons. The van der Waals surface area contributed by atoms with E-state index in [0.717, 1.165) is 65.3 Å². The lowest BCUT2D eigenvalue weighted by Gasteiger charge is -2.40. The molecule has 2 aromatic heterocycles. The molecule has 0 bridgehead atoms. The molecule has 0 saturated carbocycles. The lowest BCUT2D eigenvalue weighted by atomic mass is 9.82. The van der Waals surface area contributed by atoms with Crippen molar-refractivity contribution in [3.05, 3.63) is 77.7 Å². The predicted molar refractivity (Wildman–Crippen MR) is 157 cm³/mol. The van der Waals surface area contributed by atoms with E-state index in [-0.39, 0.29) is 11.2 Å². The van der Waals surface area contributed by atoms with Crippen LogP contribution in [0.4, 0.5) is 10.2 Å². The minimum Gasteiger partial charge on any atom is -0.479 e. The summed E-state index contributed by atoms with van der Waals surface area (Å²) >= 11 is 0. The van der Waals surface area contributed by atoms with Crippen LogP contribution >= 0.6 is 0 Å². The lowest BCUT2D eigenvalue weighted by Crippen LogP contribution is -2.40. The van der Waals surface area contributed by atoms with Gasteiger partial charge in [0.2, 0.25) is 0 Å². The molecular formula is C33H38FN3O3. The first-order valence-electron chi connectivity index (χ1n) is 13.9. The number of pyridine rings is 1. The first-order chi connectivity index (χ1) is 18.8. The molecule has 1 N–H and O–H groups in total. The fraction of sp³-hybridized carbons (Fsp3) is 0.394. The summed E-state index contributed by atoms with van der Waals surface area (Å²) in [6.07, 6.45) is 2.87. The maximum Gasteiger partial charge on any atom is 0.337 e. The van der Waals surface area contributed by atoms with Gasteiger partial charge in [-0.15, -0.1) is 0 Å². The molecule has 3 heterocycles. The first-order valence-corrected chi connectivity index (χ1v) is 13.9. The molecule has 7 heteroatoms. The van der Waals surface area contributed by atoms with Crippen LogP contribution in [0.1, 0.15) is 64.7 Å². The van der Waals surface area contributed by atoms with Crippen molar-refractivity contribution >= 4 is 17.4 Å². The molecule has 4 aromatic rings. The molecule has 1 saturated heterocycles. The number of aromatic nitrogens is 2. The number of rotatable bonds is 6. The summed E-state index contributed by atoms with van der Waals surface area (Å²) in [5.41, 5.74) is 5.43. The number of carbonyl (C=O) groups is 1. The molecule has 1 aliphatic rings. The van der Waals surface area contributed by atoms with Gasteiger partial charge in [0.15, 0.2) is 6.10 Å². The molecular weight excluding hydrogens is 505 g/mol. The second-order valence-corrected chi connectivity index (χ2v) is 12.6. The van der Waals surface area contributed by atoms with Gasteiger partial charge in [-0.05, 0) is 86.9 Å². The van der Waals surface area contributed by atoms with E-state index < -0.39 is 17.7 Å². The highest BCUT2D eigenvalue weighted by atomic mass is 19.1. The Bertz CT molecular complexity index is 1540. The Labute approximate surface area is 235 Å². The molecule has 0 aliphatic carbocycles. The summed E-state index contributed by atoms with van der Waals surface area (Å²) in [4.78, 5) is 19.9. The number of ether oxygens (including phenoxy) is 1. The molecule has 2 aromatic carbocycles. The Morgan fingerprint density at radius 2 is 1.68 bits per heavy atom. The predicted octanol–water partition coefficient (Wildman–Crippen LogP) is 7.68. The number of carboxylic acids is 1. The van der Waals surface area contributed by atoms with E-state index in [2.05, 4.69) is 24.8 Å². The Hall–Kier alpha value is -3.71. The molecule has 1 atom stereocenters. The highest BCUT2D eigenvalue weighted by Crippen LogP contribution is 2.40. The van der Waals surface area contributed by atoms with Crippen LogP contribution in [0.3, 0.4) is 0 Å². The van der Waals surface area contributed by atoms with E-state index in [0.29, 0.717) is 5.56 Å². The van der Waals surface area contributed by atoms with Crippen molar-refractivity contribution in [2.45, 2.75) is 66.1 Å². The average molecular weight is 544 g/mol. The number of carboxylic acid groups (broad SMARTS) is 1. The van der Waals surface area contributed by atoms with Crippen molar-refractivity contribution in [1.29, 1.82) is 0 Å². The van der Waals surface area contributed by atoms with Gasteiger partial charge in [-0.1, -0.05) is 44.2 Å². The fourth-order valence-corrected chi connectivity index (χ4v) is 5.44. The van der Waals surface area contributed by atoms with Crippen LogP contribution in [-0.2, 0) is 9.53 Å². The first kappa shape index (κ1) is 27.8. The van der Waals surface area contributed by atoms with Crippen LogP contribution in [0.2, 0.25) is 0 Å². The normalized spacial score (nSPS) is 16.3. The molecule has 6 nitrogen and oxygen atoms in total. The number of hydrogen-bond donors (Lipinski definition) is 1. The Morgan fingerprint density at radius 3 is 2.30 bits per heavy atom. The van der Waals surface area contributed by atoms with Crippen LogP contribution < -0.4 is 4.90 Å². The van der Waals surface area contributed by atoms with Crippen molar-refractivity contribution in [2.75, 3.05) is 18.0 Å². The number of imidazole rings is 1. The summed E-state index contributed by atoms with van der Waals surface area (Å²) < 4.78 is 21.7. The SMILES string of the molecule is Cc1cc2nc(-c3cccc(-c4ccc(F)cc4)c3)cn2c(N2CCC(C)(C)CC2)c1C(OC(C)(C)C)C(=O)O. The Balaban J connectivity index is 1.67.